The molecule has 6 unspecified atom stereocenters. The second-order valence-electron chi connectivity index (χ2n) is 18.8. The molecule has 0 aliphatic carbocycles. The van der Waals surface area contributed by atoms with Crippen molar-refractivity contribution in [2.45, 2.75) is 295 Å². The van der Waals surface area contributed by atoms with Crippen molar-refractivity contribution in [1.82, 2.24) is 0 Å². The van der Waals surface area contributed by atoms with E-state index in [1.165, 1.54) is 193 Å². The third-order valence-corrected chi connectivity index (χ3v) is 13.2. The molecule has 0 aromatic carbocycles. The van der Waals surface area contributed by atoms with Crippen molar-refractivity contribution < 1.29 is 56.2 Å². The van der Waals surface area contributed by atoms with Gasteiger partial charge in [-0.15, -0.1) is 0 Å². The summed E-state index contributed by atoms with van der Waals surface area (Å²) in [5.74, 6) is -0.390. The largest absolute Gasteiger partial charge is 0.457 e. The Hall–Kier alpha value is -0.900. The van der Waals surface area contributed by atoms with Gasteiger partial charge < -0.3 is 34.3 Å². The Morgan fingerprint density at radius 1 is 0.531 bits per heavy atom. The lowest BCUT2D eigenvalue weighted by Gasteiger charge is -2.41. The summed E-state index contributed by atoms with van der Waals surface area (Å²) in [4.78, 5) is 12.9. The maximum absolute atomic E-state index is 12.9. The zero-order chi connectivity index (χ0) is 46.8. The van der Waals surface area contributed by atoms with Crippen LogP contribution >= 0.6 is 0 Å². The Labute approximate surface area is 392 Å². The number of aliphatic hydroxyl groups is 3. The van der Waals surface area contributed by atoms with Crippen molar-refractivity contribution in [2.75, 3.05) is 26.4 Å². The summed E-state index contributed by atoms with van der Waals surface area (Å²) in [6.07, 6.45) is 38.5. The van der Waals surface area contributed by atoms with Gasteiger partial charge in [-0.1, -0.05) is 239 Å². The quantitative estimate of drug-likeness (QED) is 0.0258. The van der Waals surface area contributed by atoms with E-state index in [-0.39, 0.29) is 19.6 Å². The van der Waals surface area contributed by atoms with E-state index in [2.05, 4.69) is 18.0 Å². The number of hydrogen-bond acceptors (Lipinski definition) is 11. The van der Waals surface area contributed by atoms with E-state index in [1.807, 2.05) is 0 Å². The van der Waals surface area contributed by atoms with Crippen molar-refractivity contribution in [1.29, 1.82) is 0 Å². The Kier molecular flexibility index (Phi) is 41.4. The number of ether oxygens (including phenoxy) is 4. The molecule has 0 amide bonds. The van der Waals surface area contributed by atoms with Gasteiger partial charge in [0.15, 0.2) is 6.29 Å². The lowest BCUT2D eigenvalue weighted by atomic mass is 9.99. The van der Waals surface area contributed by atoms with Crippen molar-refractivity contribution in [2.24, 2.45) is 0 Å². The highest BCUT2D eigenvalue weighted by atomic mass is 32.3. The minimum atomic E-state index is -5.06. The van der Waals surface area contributed by atoms with E-state index in [4.69, 9.17) is 18.9 Å². The molecule has 382 valence electrons. The molecule has 1 aliphatic heterocycles. The summed E-state index contributed by atoms with van der Waals surface area (Å²) in [6, 6.07) is 0. The third kappa shape index (κ3) is 36.2. The predicted molar refractivity (Wildman–Crippen MR) is 258 cm³/mol. The molecule has 12 nitrogen and oxygen atoms in total. The van der Waals surface area contributed by atoms with Crippen LogP contribution in [0.1, 0.15) is 258 Å². The Balaban J connectivity index is 2.32. The lowest BCUT2D eigenvalue weighted by molar-refractivity contribution is -0.301. The van der Waals surface area contributed by atoms with Gasteiger partial charge in [0, 0.05) is 13.0 Å². The van der Waals surface area contributed by atoms with Gasteiger partial charge in [0.2, 0.25) is 0 Å². The Morgan fingerprint density at radius 3 is 1.25 bits per heavy atom. The number of aliphatic hydroxyl groups excluding tert-OH is 3. The van der Waals surface area contributed by atoms with Gasteiger partial charge in [-0.3, -0.25) is 9.35 Å². The van der Waals surface area contributed by atoms with Crippen LogP contribution in [-0.2, 0) is 38.3 Å². The van der Waals surface area contributed by atoms with Crippen LogP contribution in [0.3, 0.4) is 0 Å². The van der Waals surface area contributed by atoms with E-state index < -0.39 is 59.8 Å². The minimum Gasteiger partial charge on any atom is -0.457 e. The van der Waals surface area contributed by atoms with Gasteiger partial charge in [0.1, 0.15) is 30.5 Å². The minimum absolute atomic E-state index is 0.0454. The average molecular weight is 937 g/mol. The Morgan fingerprint density at radius 2 is 0.891 bits per heavy atom. The maximum atomic E-state index is 12.9. The molecule has 1 rings (SSSR count). The predicted octanol–water partition coefficient (Wildman–Crippen LogP) is 12.4. The highest BCUT2D eigenvalue weighted by Crippen LogP contribution is 2.26. The number of carbonyl (C=O) groups excluding carboxylic acids is 1. The van der Waals surface area contributed by atoms with Crippen LogP contribution in [0.15, 0.2) is 0 Å². The molecule has 0 spiro atoms. The molecule has 0 radical (unpaired) electrons. The van der Waals surface area contributed by atoms with Crippen LogP contribution in [0.2, 0.25) is 0 Å². The van der Waals surface area contributed by atoms with E-state index >= 15 is 0 Å². The monoisotopic (exact) mass is 937 g/mol. The maximum Gasteiger partial charge on any atom is 0.397 e. The zero-order valence-corrected chi connectivity index (χ0v) is 41.9. The van der Waals surface area contributed by atoms with Gasteiger partial charge in [-0.2, -0.15) is 8.42 Å². The molecule has 13 heteroatoms. The number of rotatable bonds is 48. The molecule has 0 aromatic rings. The van der Waals surface area contributed by atoms with Crippen LogP contribution in [-0.4, -0.2) is 97.5 Å². The summed E-state index contributed by atoms with van der Waals surface area (Å²) in [5, 5.41) is 30.8. The lowest BCUT2D eigenvalue weighted by Crippen LogP contribution is -2.60. The van der Waals surface area contributed by atoms with Crippen molar-refractivity contribution >= 4 is 16.4 Å². The molecular weight excluding hydrogens is 837 g/mol. The molecule has 0 aromatic heterocycles. The summed E-state index contributed by atoms with van der Waals surface area (Å²) in [6.45, 7) is 4.06. The number of hydrogen-bond donors (Lipinski definition) is 4. The van der Waals surface area contributed by atoms with Crippen molar-refractivity contribution in [3.8, 4) is 0 Å². The molecule has 1 heterocycles. The van der Waals surface area contributed by atoms with Crippen LogP contribution in [0.4, 0.5) is 0 Å². The average Bonchev–Trinajstić information content (AvgIpc) is 3.27. The number of esters is 1. The van der Waals surface area contributed by atoms with Gasteiger partial charge in [0.05, 0.1) is 19.8 Å². The number of carbonyl (C=O) groups is 1. The molecule has 0 saturated carbocycles. The first-order chi connectivity index (χ1) is 31.1. The van der Waals surface area contributed by atoms with Crippen LogP contribution in [0.25, 0.3) is 0 Å². The smallest absolute Gasteiger partial charge is 0.397 e. The van der Waals surface area contributed by atoms with E-state index in [1.54, 1.807) is 0 Å². The second kappa shape index (κ2) is 43.4. The number of unbranched alkanes of at least 4 members (excludes halogenated alkanes) is 35. The van der Waals surface area contributed by atoms with E-state index in [9.17, 15) is 33.1 Å². The normalized spacial score (nSPS) is 19.6. The van der Waals surface area contributed by atoms with Gasteiger partial charge in [0.25, 0.3) is 0 Å². The standard InChI is InChI=1S/C51H100O12S/c1-3-5-7-9-11-13-15-17-19-21-23-25-27-29-31-33-35-37-39-41-59-43-45(44-60-51-49(55)50(63-64(56,57)58)48(54)46(42-52)62-51)61-47(53)40-38-36-34-32-30-28-26-24-22-20-18-16-14-12-10-8-6-4-2/h45-46,48-52,54-55H,3-44H2,1-2H3,(H,56,57,58). The summed E-state index contributed by atoms with van der Waals surface area (Å²) in [7, 11) is -5.06. The molecular formula is C51H100O12S. The molecule has 1 aliphatic rings. The third-order valence-electron chi connectivity index (χ3n) is 12.7. The van der Waals surface area contributed by atoms with E-state index in [0.717, 1.165) is 38.5 Å². The van der Waals surface area contributed by atoms with Crippen molar-refractivity contribution in [3.05, 3.63) is 0 Å². The summed E-state index contributed by atoms with van der Waals surface area (Å²) in [5.41, 5.74) is 0. The first-order valence-corrected chi connectivity index (χ1v) is 28.2. The highest BCUT2D eigenvalue weighted by Gasteiger charge is 2.48. The molecule has 0 bridgehead atoms. The van der Waals surface area contributed by atoms with Crippen LogP contribution < -0.4 is 0 Å². The van der Waals surface area contributed by atoms with Gasteiger partial charge >= 0.3 is 16.4 Å². The van der Waals surface area contributed by atoms with Gasteiger partial charge in [-0.25, -0.2) is 4.18 Å². The van der Waals surface area contributed by atoms with Gasteiger partial charge in [-0.05, 0) is 12.8 Å². The topological polar surface area (TPSA) is 178 Å². The molecule has 1 saturated heterocycles. The fourth-order valence-electron chi connectivity index (χ4n) is 8.68. The fourth-order valence-corrected chi connectivity index (χ4v) is 9.18. The fraction of sp³-hybridized carbons (Fsp3) is 0.980. The van der Waals surface area contributed by atoms with Crippen LogP contribution in [0.5, 0.6) is 0 Å². The SMILES string of the molecule is CCCCCCCCCCCCCCCCCCCCCOCC(COC1OC(CO)C(O)C(OS(=O)(=O)O)C1O)OC(=O)CCCCCCCCCCCCCCCCCCCC. The molecule has 4 N–H and O–H groups in total. The second-order valence-corrected chi connectivity index (χ2v) is 19.9. The van der Waals surface area contributed by atoms with E-state index in [0.29, 0.717) is 13.0 Å². The Bertz CT molecular complexity index is 1130. The summed E-state index contributed by atoms with van der Waals surface area (Å²) < 4.78 is 59.3. The molecule has 1 fully saturated rings. The molecule has 6 atom stereocenters. The van der Waals surface area contributed by atoms with Crippen molar-refractivity contribution in [3.63, 3.8) is 0 Å². The van der Waals surface area contributed by atoms with Crippen LogP contribution in [0, 0.1) is 0 Å². The molecule has 64 heavy (non-hydrogen) atoms. The zero-order valence-electron chi connectivity index (χ0n) is 41.1. The highest BCUT2D eigenvalue weighted by molar-refractivity contribution is 7.80. The summed E-state index contributed by atoms with van der Waals surface area (Å²) >= 11 is 0. The first kappa shape index (κ1) is 61.1. The first-order valence-electron chi connectivity index (χ1n) is 26.8.